The maximum atomic E-state index is 10.2. The molecule has 0 atom stereocenters. The lowest BCUT2D eigenvalue weighted by Crippen LogP contribution is -2.04. The van der Waals surface area contributed by atoms with Crippen LogP contribution in [-0.4, -0.2) is 9.78 Å². The third-order valence-electron chi connectivity index (χ3n) is 2.18. The van der Waals surface area contributed by atoms with Crippen molar-refractivity contribution < 1.29 is 0 Å². The quantitative estimate of drug-likeness (QED) is 0.605. The third kappa shape index (κ3) is 3.87. The van der Waals surface area contributed by atoms with Crippen LogP contribution in [0.1, 0.15) is 32.6 Å². The van der Waals surface area contributed by atoms with Crippen LogP contribution in [0.5, 0.6) is 0 Å². The van der Waals surface area contributed by atoms with Gasteiger partial charge in [-0.25, -0.2) is 4.68 Å². The van der Waals surface area contributed by atoms with Crippen LogP contribution in [0.25, 0.3) is 0 Å². The molecule has 0 amide bonds. The van der Waals surface area contributed by atoms with Crippen molar-refractivity contribution in [2.75, 3.05) is 5.73 Å². The van der Waals surface area contributed by atoms with Crippen molar-refractivity contribution in [3.8, 4) is 0 Å². The fraction of sp³-hybridized carbons (Fsp3) is 0.667. The zero-order valence-corrected chi connectivity index (χ0v) is 9.66. The number of anilines is 1. The Morgan fingerprint density at radius 2 is 2.20 bits per heavy atom. The second-order valence-electron chi connectivity index (χ2n) is 3.29. The van der Waals surface area contributed by atoms with Gasteiger partial charge in [-0.15, -0.1) is 17.3 Å². The number of aryl methyl sites for hydroxylation is 1. The van der Waals surface area contributed by atoms with E-state index in [1.165, 1.54) is 25.5 Å². The molecule has 6 heteroatoms. The number of nitrogens with zero attached hydrogens (tertiary/aromatic N) is 3. The van der Waals surface area contributed by atoms with E-state index in [1.54, 1.807) is 4.68 Å². The lowest BCUT2D eigenvalue weighted by Gasteiger charge is -2.02. The predicted octanol–water partition coefficient (Wildman–Crippen LogP) is 2.87. The molecule has 0 spiro atoms. The lowest BCUT2D eigenvalue weighted by atomic mass is 10.2. The van der Waals surface area contributed by atoms with Crippen molar-refractivity contribution in [1.82, 2.24) is 9.78 Å². The molecule has 0 saturated heterocycles. The summed E-state index contributed by atoms with van der Waals surface area (Å²) < 4.78 is 1.63. The van der Waals surface area contributed by atoms with Gasteiger partial charge in [0.05, 0.1) is 6.20 Å². The van der Waals surface area contributed by atoms with E-state index in [2.05, 4.69) is 17.2 Å². The standard InChI is InChI=1S/C9H16N4O.ClH/c1-2-3-4-5-6-13-9(10)8(12-14)7-11-13;/h7H,2-6,10H2,1H3;1H. The number of aromatic nitrogens is 2. The van der Waals surface area contributed by atoms with Crippen LogP contribution < -0.4 is 5.73 Å². The molecule has 0 aliphatic carbocycles. The molecule has 1 heterocycles. The number of hydrogen-bond donors (Lipinski definition) is 1. The first-order valence-corrected chi connectivity index (χ1v) is 4.94. The molecule has 0 saturated carbocycles. The topological polar surface area (TPSA) is 73.3 Å². The molecule has 1 aromatic rings. The zero-order valence-electron chi connectivity index (χ0n) is 8.85. The normalized spacial score (nSPS) is 9.67. The Morgan fingerprint density at radius 3 is 2.73 bits per heavy atom. The largest absolute Gasteiger partial charge is 0.382 e. The number of rotatable bonds is 6. The van der Waals surface area contributed by atoms with Gasteiger partial charge in [0.15, 0.2) is 11.5 Å². The van der Waals surface area contributed by atoms with Gasteiger partial charge < -0.3 is 5.73 Å². The number of unbranched alkanes of at least 4 members (excludes halogenated alkanes) is 3. The van der Waals surface area contributed by atoms with Crippen LogP contribution >= 0.6 is 12.4 Å². The van der Waals surface area contributed by atoms with Gasteiger partial charge in [-0.1, -0.05) is 26.2 Å². The molecule has 0 aromatic carbocycles. The molecule has 86 valence electrons. The Bertz CT molecular complexity index is 300. The highest BCUT2D eigenvalue weighted by Crippen LogP contribution is 2.20. The number of nitroso groups, excluding NO2 is 1. The molecule has 2 N–H and O–H groups in total. The fourth-order valence-corrected chi connectivity index (χ4v) is 1.32. The van der Waals surface area contributed by atoms with E-state index in [0.717, 1.165) is 13.0 Å². The number of nitrogens with two attached hydrogens (primary N) is 1. The molecule has 5 nitrogen and oxygen atoms in total. The highest BCUT2D eigenvalue weighted by molar-refractivity contribution is 5.85. The maximum absolute atomic E-state index is 10.2. The molecule has 0 bridgehead atoms. The summed E-state index contributed by atoms with van der Waals surface area (Å²) >= 11 is 0. The Labute approximate surface area is 95.4 Å². The van der Waals surface area contributed by atoms with Crippen LogP contribution in [-0.2, 0) is 6.54 Å². The number of halogens is 1. The predicted molar refractivity (Wildman–Crippen MR) is 63.5 cm³/mol. The summed E-state index contributed by atoms with van der Waals surface area (Å²) in [5, 5.41) is 6.76. The second kappa shape index (κ2) is 7.23. The highest BCUT2D eigenvalue weighted by Gasteiger charge is 2.06. The molecule has 0 aliphatic heterocycles. The van der Waals surface area contributed by atoms with E-state index in [9.17, 15) is 4.91 Å². The minimum absolute atomic E-state index is 0. The summed E-state index contributed by atoms with van der Waals surface area (Å²) in [6, 6.07) is 0. The molecule has 0 radical (unpaired) electrons. The van der Waals surface area contributed by atoms with Crippen molar-refractivity contribution >= 4 is 23.9 Å². The van der Waals surface area contributed by atoms with E-state index in [0.29, 0.717) is 5.82 Å². The fourth-order valence-electron chi connectivity index (χ4n) is 1.32. The summed E-state index contributed by atoms with van der Waals surface area (Å²) in [7, 11) is 0. The van der Waals surface area contributed by atoms with E-state index in [-0.39, 0.29) is 18.1 Å². The molecular weight excluding hydrogens is 216 g/mol. The van der Waals surface area contributed by atoms with Crippen LogP contribution in [0.4, 0.5) is 11.5 Å². The first-order chi connectivity index (χ1) is 6.79. The average molecular weight is 233 g/mol. The van der Waals surface area contributed by atoms with Gasteiger partial charge in [0, 0.05) is 6.54 Å². The molecule has 0 unspecified atom stereocenters. The van der Waals surface area contributed by atoms with E-state index >= 15 is 0 Å². The van der Waals surface area contributed by atoms with Crippen molar-refractivity contribution in [2.24, 2.45) is 5.18 Å². The SMILES string of the molecule is CCCCCCn1ncc(N=O)c1N.Cl. The average Bonchev–Trinajstić information content (AvgIpc) is 2.55. The summed E-state index contributed by atoms with van der Waals surface area (Å²) in [6.07, 6.45) is 6.04. The number of hydrogen-bond acceptors (Lipinski definition) is 4. The van der Waals surface area contributed by atoms with Crippen molar-refractivity contribution in [2.45, 2.75) is 39.2 Å². The Balaban J connectivity index is 0.00000196. The van der Waals surface area contributed by atoms with Gasteiger partial charge in [0.25, 0.3) is 0 Å². The van der Waals surface area contributed by atoms with Crippen molar-refractivity contribution in [1.29, 1.82) is 0 Å². The lowest BCUT2D eigenvalue weighted by molar-refractivity contribution is 0.547. The monoisotopic (exact) mass is 232 g/mol. The summed E-state index contributed by atoms with van der Waals surface area (Å²) in [5.41, 5.74) is 5.87. The second-order valence-corrected chi connectivity index (χ2v) is 3.29. The summed E-state index contributed by atoms with van der Waals surface area (Å²) in [6.45, 7) is 2.93. The van der Waals surface area contributed by atoms with Crippen molar-refractivity contribution in [3.63, 3.8) is 0 Å². The Morgan fingerprint density at radius 1 is 1.47 bits per heavy atom. The van der Waals surface area contributed by atoms with Gasteiger partial charge in [0.2, 0.25) is 0 Å². The van der Waals surface area contributed by atoms with Crippen LogP contribution in [0, 0.1) is 4.91 Å². The van der Waals surface area contributed by atoms with Gasteiger partial charge in [-0.3, -0.25) is 0 Å². The van der Waals surface area contributed by atoms with Gasteiger partial charge in [-0.2, -0.15) is 5.10 Å². The van der Waals surface area contributed by atoms with E-state index in [4.69, 9.17) is 5.73 Å². The summed E-state index contributed by atoms with van der Waals surface area (Å²) in [5.74, 6) is 0.372. The van der Waals surface area contributed by atoms with Crippen LogP contribution in [0.3, 0.4) is 0 Å². The molecule has 0 fully saturated rings. The Kier molecular flexibility index (Phi) is 6.70. The van der Waals surface area contributed by atoms with Gasteiger partial charge >= 0.3 is 0 Å². The van der Waals surface area contributed by atoms with E-state index < -0.39 is 0 Å². The smallest absolute Gasteiger partial charge is 0.169 e. The molecule has 0 aliphatic rings. The maximum Gasteiger partial charge on any atom is 0.169 e. The number of nitrogen functional groups attached to an aromatic ring is 1. The van der Waals surface area contributed by atoms with E-state index in [1.807, 2.05) is 0 Å². The first-order valence-electron chi connectivity index (χ1n) is 4.94. The van der Waals surface area contributed by atoms with Crippen LogP contribution in [0.15, 0.2) is 11.4 Å². The van der Waals surface area contributed by atoms with Gasteiger partial charge in [0.1, 0.15) is 0 Å². The molecular formula is C9H17ClN4O. The minimum atomic E-state index is 0. The third-order valence-corrected chi connectivity index (χ3v) is 2.18. The molecule has 1 rings (SSSR count). The van der Waals surface area contributed by atoms with Crippen LogP contribution in [0.2, 0.25) is 0 Å². The summed E-state index contributed by atoms with van der Waals surface area (Å²) in [4.78, 5) is 10.2. The van der Waals surface area contributed by atoms with Crippen molar-refractivity contribution in [3.05, 3.63) is 11.1 Å². The van der Waals surface area contributed by atoms with Gasteiger partial charge in [-0.05, 0) is 11.6 Å². The highest BCUT2D eigenvalue weighted by atomic mass is 35.5. The molecule has 15 heavy (non-hydrogen) atoms. The zero-order chi connectivity index (χ0) is 10.4. The Hall–Kier alpha value is -1.10. The first kappa shape index (κ1) is 13.9. The minimum Gasteiger partial charge on any atom is -0.382 e. The molecule has 1 aromatic heterocycles.